The largest absolute Gasteiger partial charge is 0.481 e. The average Bonchev–Trinajstić information content (AvgIpc) is 2.85. The number of piperidine rings is 1. The van der Waals surface area contributed by atoms with Gasteiger partial charge in [-0.1, -0.05) is 24.9 Å². The maximum Gasteiger partial charge on any atom is 0.312 e. The third kappa shape index (κ3) is 3.56. The maximum absolute atomic E-state index is 11.6. The summed E-state index contributed by atoms with van der Waals surface area (Å²) in [5.41, 5.74) is -0.986. The highest BCUT2D eigenvalue weighted by atomic mass is 35.5. The predicted octanol–water partition coefficient (Wildman–Crippen LogP) is 1.47. The maximum atomic E-state index is 11.6. The molecule has 0 aromatic carbocycles. The normalized spacial score (nSPS) is 26.9. The van der Waals surface area contributed by atoms with Gasteiger partial charge in [0.2, 0.25) is 0 Å². The SMILES string of the molecule is CCC[C@]1(C(=O)O)CCN(CCn2cc(Cl)cn2)C[C@@H]1O. The van der Waals surface area contributed by atoms with Gasteiger partial charge in [0.25, 0.3) is 0 Å². The van der Waals surface area contributed by atoms with Gasteiger partial charge >= 0.3 is 5.97 Å². The Morgan fingerprint density at radius 2 is 2.33 bits per heavy atom. The van der Waals surface area contributed by atoms with Crippen molar-refractivity contribution >= 4 is 17.6 Å². The van der Waals surface area contributed by atoms with Crippen LogP contribution in [0, 0.1) is 5.41 Å². The van der Waals surface area contributed by atoms with Crippen molar-refractivity contribution in [2.75, 3.05) is 19.6 Å². The van der Waals surface area contributed by atoms with Crippen LogP contribution in [0.15, 0.2) is 12.4 Å². The fourth-order valence-electron chi connectivity index (χ4n) is 3.04. The van der Waals surface area contributed by atoms with Crippen LogP contribution in [0.2, 0.25) is 5.02 Å². The van der Waals surface area contributed by atoms with E-state index < -0.39 is 17.5 Å². The molecule has 1 aliphatic heterocycles. The molecule has 2 N–H and O–H groups in total. The number of carboxylic acids is 1. The first kappa shape index (κ1) is 16.3. The molecule has 2 atom stereocenters. The lowest BCUT2D eigenvalue weighted by molar-refractivity contribution is -0.164. The van der Waals surface area contributed by atoms with Crippen LogP contribution < -0.4 is 0 Å². The molecule has 1 aromatic heterocycles. The lowest BCUT2D eigenvalue weighted by atomic mass is 9.73. The van der Waals surface area contributed by atoms with E-state index >= 15 is 0 Å². The summed E-state index contributed by atoms with van der Waals surface area (Å²) in [7, 11) is 0. The molecule has 0 saturated carbocycles. The van der Waals surface area contributed by atoms with Gasteiger partial charge in [-0.05, 0) is 19.4 Å². The third-order valence-electron chi connectivity index (χ3n) is 4.31. The second-order valence-electron chi connectivity index (χ2n) is 5.70. The van der Waals surface area contributed by atoms with E-state index in [-0.39, 0.29) is 0 Å². The number of carbonyl (C=O) groups is 1. The Balaban J connectivity index is 1.92. The van der Waals surface area contributed by atoms with Crippen LogP contribution in [-0.2, 0) is 11.3 Å². The number of halogens is 1. The summed E-state index contributed by atoms with van der Waals surface area (Å²) in [6.45, 7) is 4.41. The minimum atomic E-state index is -0.986. The molecule has 0 spiro atoms. The van der Waals surface area contributed by atoms with E-state index in [2.05, 4.69) is 10.00 Å². The predicted molar refractivity (Wildman–Crippen MR) is 79.3 cm³/mol. The summed E-state index contributed by atoms with van der Waals surface area (Å²) in [6.07, 6.45) is 4.27. The molecule has 2 rings (SSSR count). The summed E-state index contributed by atoms with van der Waals surface area (Å²) < 4.78 is 1.75. The molecule has 2 heterocycles. The first-order valence-electron chi connectivity index (χ1n) is 7.29. The zero-order valence-corrected chi connectivity index (χ0v) is 13.0. The minimum absolute atomic E-state index is 0.390. The molecule has 0 unspecified atom stereocenters. The van der Waals surface area contributed by atoms with Crippen LogP contribution in [-0.4, -0.2) is 56.6 Å². The van der Waals surface area contributed by atoms with E-state index in [1.54, 1.807) is 17.1 Å². The van der Waals surface area contributed by atoms with Crippen molar-refractivity contribution in [2.24, 2.45) is 5.41 Å². The number of aliphatic hydroxyl groups excluding tert-OH is 1. The Kier molecular flexibility index (Phi) is 5.24. The Morgan fingerprint density at radius 1 is 1.57 bits per heavy atom. The van der Waals surface area contributed by atoms with Crippen molar-refractivity contribution in [3.8, 4) is 0 Å². The highest BCUT2D eigenvalue weighted by molar-refractivity contribution is 6.30. The van der Waals surface area contributed by atoms with Crippen LogP contribution in [0.4, 0.5) is 0 Å². The lowest BCUT2D eigenvalue weighted by Gasteiger charge is -2.42. The molecule has 21 heavy (non-hydrogen) atoms. The number of nitrogens with zero attached hydrogens (tertiary/aromatic N) is 3. The quantitative estimate of drug-likeness (QED) is 0.831. The van der Waals surface area contributed by atoms with Gasteiger partial charge in [-0.15, -0.1) is 0 Å². The molecule has 1 aromatic rings. The first-order chi connectivity index (χ1) is 9.98. The van der Waals surface area contributed by atoms with Gasteiger partial charge in [0.05, 0.1) is 29.3 Å². The van der Waals surface area contributed by atoms with E-state index in [4.69, 9.17) is 11.6 Å². The van der Waals surface area contributed by atoms with Crippen molar-refractivity contribution < 1.29 is 15.0 Å². The van der Waals surface area contributed by atoms with Crippen LogP contribution in [0.25, 0.3) is 0 Å². The third-order valence-corrected chi connectivity index (χ3v) is 4.51. The van der Waals surface area contributed by atoms with Gasteiger partial charge in [-0.2, -0.15) is 5.10 Å². The van der Waals surface area contributed by atoms with Crippen molar-refractivity contribution in [3.63, 3.8) is 0 Å². The molecular weight excluding hydrogens is 294 g/mol. The molecule has 1 saturated heterocycles. The number of hydrogen-bond acceptors (Lipinski definition) is 4. The number of aromatic nitrogens is 2. The van der Waals surface area contributed by atoms with Crippen LogP contribution in [0.3, 0.4) is 0 Å². The van der Waals surface area contributed by atoms with E-state index in [1.807, 2.05) is 6.92 Å². The van der Waals surface area contributed by atoms with E-state index in [9.17, 15) is 15.0 Å². The van der Waals surface area contributed by atoms with Gasteiger partial charge in [0, 0.05) is 19.3 Å². The molecule has 0 aliphatic carbocycles. The molecule has 118 valence electrons. The Labute approximate surface area is 129 Å². The second-order valence-corrected chi connectivity index (χ2v) is 6.14. The van der Waals surface area contributed by atoms with Crippen molar-refractivity contribution in [1.82, 2.24) is 14.7 Å². The minimum Gasteiger partial charge on any atom is -0.481 e. The fourth-order valence-corrected chi connectivity index (χ4v) is 3.19. The summed E-state index contributed by atoms with van der Waals surface area (Å²) >= 11 is 5.81. The number of likely N-dealkylation sites (tertiary alicyclic amines) is 1. The molecule has 0 bridgehead atoms. The summed E-state index contributed by atoms with van der Waals surface area (Å²) in [4.78, 5) is 13.6. The monoisotopic (exact) mass is 315 g/mol. The van der Waals surface area contributed by atoms with Crippen LogP contribution >= 0.6 is 11.6 Å². The zero-order valence-electron chi connectivity index (χ0n) is 12.2. The smallest absolute Gasteiger partial charge is 0.312 e. The number of aliphatic hydroxyl groups is 1. The standard InChI is InChI=1S/C14H22ClN3O3/c1-2-3-14(13(20)21)4-5-17(10-12(14)19)6-7-18-9-11(15)8-16-18/h8-9,12,19H,2-7,10H2,1H3,(H,20,21)/t12-,14-/m0/s1. The highest BCUT2D eigenvalue weighted by Gasteiger charge is 2.47. The van der Waals surface area contributed by atoms with E-state index in [0.29, 0.717) is 37.5 Å². The number of aliphatic carboxylic acids is 1. The van der Waals surface area contributed by atoms with Gasteiger partial charge in [-0.25, -0.2) is 0 Å². The van der Waals surface area contributed by atoms with Gasteiger partial charge in [0.1, 0.15) is 0 Å². The Morgan fingerprint density at radius 3 is 2.86 bits per heavy atom. The molecule has 0 amide bonds. The zero-order chi connectivity index (χ0) is 15.5. The van der Waals surface area contributed by atoms with Gasteiger partial charge < -0.3 is 10.2 Å². The Hall–Kier alpha value is -1.11. The molecule has 1 aliphatic rings. The van der Waals surface area contributed by atoms with Gasteiger partial charge in [-0.3, -0.25) is 14.4 Å². The summed E-state index contributed by atoms with van der Waals surface area (Å²) in [5, 5.41) is 24.5. The van der Waals surface area contributed by atoms with E-state index in [1.165, 1.54) is 0 Å². The molecule has 7 heteroatoms. The molecule has 0 radical (unpaired) electrons. The number of rotatable bonds is 6. The Bertz CT molecular complexity index is 494. The van der Waals surface area contributed by atoms with E-state index in [0.717, 1.165) is 13.0 Å². The highest BCUT2D eigenvalue weighted by Crippen LogP contribution is 2.36. The number of hydrogen-bond donors (Lipinski definition) is 2. The molecular formula is C14H22ClN3O3. The molecule has 1 fully saturated rings. The average molecular weight is 316 g/mol. The second kappa shape index (κ2) is 6.77. The fraction of sp³-hybridized carbons (Fsp3) is 0.714. The van der Waals surface area contributed by atoms with Crippen molar-refractivity contribution in [2.45, 2.75) is 38.8 Å². The number of β-amino-alcohol motifs (C(OH)–C–C–N with tert-alkyl or cyclic N) is 1. The summed E-state index contributed by atoms with van der Waals surface area (Å²) in [5.74, 6) is -0.879. The topological polar surface area (TPSA) is 78.6 Å². The van der Waals surface area contributed by atoms with Crippen LogP contribution in [0.5, 0.6) is 0 Å². The van der Waals surface area contributed by atoms with Crippen LogP contribution in [0.1, 0.15) is 26.2 Å². The molecule has 6 nitrogen and oxygen atoms in total. The number of carboxylic acid groups (broad SMARTS) is 1. The van der Waals surface area contributed by atoms with Crippen molar-refractivity contribution in [1.29, 1.82) is 0 Å². The first-order valence-corrected chi connectivity index (χ1v) is 7.67. The van der Waals surface area contributed by atoms with Gasteiger partial charge in [0.15, 0.2) is 0 Å². The summed E-state index contributed by atoms with van der Waals surface area (Å²) in [6, 6.07) is 0. The lowest BCUT2D eigenvalue weighted by Crippen LogP contribution is -2.55. The van der Waals surface area contributed by atoms with Crippen molar-refractivity contribution in [3.05, 3.63) is 17.4 Å².